The van der Waals surface area contributed by atoms with Crippen LogP contribution >= 0.6 is 0 Å². The maximum Gasteiger partial charge on any atom is 0.252 e. The number of aromatic nitrogens is 2. The van der Waals surface area contributed by atoms with Crippen molar-refractivity contribution in [3.05, 3.63) is 22.2 Å². The fourth-order valence-electron chi connectivity index (χ4n) is 2.00. The number of nitrogens with two attached hydrogens (primary N) is 1. The largest absolute Gasteiger partial charge is 0.359 e. The zero-order valence-electron chi connectivity index (χ0n) is 12.0. The Hall–Kier alpha value is -1.36. The summed E-state index contributed by atoms with van der Waals surface area (Å²) in [6, 6.07) is 1.75. The number of H-pyrrole nitrogens is 1. The SMILES string of the molecule is CC(C)C(N)CCN(C)c1cc(=O)[nH]c(C2CC2)n1. The summed E-state index contributed by atoms with van der Waals surface area (Å²) >= 11 is 0. The molecule has 106 valence electrons. The lowest BCUT2D eigenvalue weighted by atomic mass is 10.0. The quantitative estimate of drug-likeness (QED) is 0.815. The second-order valence-electron chi connectivity index (χ2n) is 5.88. The van der Waals surface area contributed by atoms with Gasteiger partial charge in [-0.25, -0.2) is 4.98 Å². The second kappa shape index (κ2) is 5.74. The van der Waals surface area contributed by atoms with Crippen LogP contribution in [-0.2, 0) is 0 Å². The highest BCUT2D eigenvalue weighted by atomic mass is 16.1. The lowest BCUT2D eigenvalue weighted by molar-refractivity contribution is 0.465. The summed E-state index contributed by atoms with van der Waals surface area (Å²) < 4.78 is 0. The van der Waals surface area contributed by atoms with E-state index in [2.05, 4.69) is 23.8 Å². The van der Waals surface area contributed by atoms with Crippen LogP contribution in [0.4, 0.5) is 5.82 Å². The molecule has 1 saturated carbocycles. The van der Waals surface area contributed by atoms with Gasteiger partial charge in [0.25, 0.3) is 5.56 Å². The molecule has 1 aromatic heterocycles. The Morgan fingerprint density at radius 1 is 1.53 bits per heavy atom. The molecule has 0 bridgehead atoms. The minimum atomic E-state index is -0.0630. The summed E-state index contributed by atoms with van der Waals surface area (Å²) in [5, 5.41) is 0. The third kappa shape index (κ3) is 3.80. The number of hydrogen-bond donors (Lipinski definition) is 2. The number of aromatic amines is 1. The van der Waals surface area contributed by atoms with Gasteiger partial charge in [0.1, 0.15) is 11.6 Å². The van der Waals surface area contributed by atoms with E-state index in [1.807, 2.05) is 11.9 Å². The monoisotopic (exact) mass is 264 g/mol. The van der Waals surface area contributed by atoms with E-state index in [9.17, 15) is 4.79 Å². The molecular weight excluding hydrogens is 240 g/mol. The number of rotatable bonds is 6. The maximum absolute atomic E-state index is 11.6. The molecule has 19 heavy (non-hydrogen) atoms. The predicted octanol–water partition coefficient (Wildman–Crippen LogP) is 1.46. The van der Waals surface area contributed by atoms with Gasteiger partial charge in [0.15, 0.2) is 0 Å². The number of nitrogens with one attached hydrogen (secondary N) is 1. The zero-order chi connectivity index (χ0) is 14.0. The van der Waals surface area contributed by atoms with Gasteiger partial charge in [0.2, 0.25) is 0 Å². The van der Waals surface area contributed by atoms with Gasteiger partial charge in [-0.1, -0.05) is 13.8 Å². The molecule has 2 rings (SSSR count). The highest BCUT2D eigenvalue weighted by molar-refractivity contribution is 5.36. The Balaban J connectivity index is 2.02. The summed E-state index contributed by atoms with van der Waals surface area (Å²) in [5.41, 5.74) is 5.98. The number of hydrogen-bond acceptors (Lipinski definition) is 4. The van der Waals surface area contributed by atoms with Gasteiger partial charge in [0, 0.05) is 31.6 Å². The van der Waals surface area contributed by atoms with E-state index in [4.69, 9.17) is 5.73 Å². The molecule has 5 heteroatoms. The summed E-state index contributed by atoms with van der Waals surface area (Å²) in [6.45, 7) is 5.07. The van der Waals surface area contributed by atoms with Crippen LogP contribution in [0.25, 0.3) is 0 Å². The van der Waals surface area contributed by atoms with Crippen LogP contribution in [0, 0.1) is 5.92 Å². The molecule has 1 aromatic rings. The van der Waals surface area contributed by atoms with Crippen LogP contribution in [-0.4, -0.2) is 29.6 Å². The van der Waals surface area contributed by atoms with Gasteiger partial charge < -0.3 is 15.6 Å². The molecule has 0 saturated heterocycles. The molecule has 0 aromatic carbocycles. The minimum Gasteiger partial charge on any atom is -0.359 e. The maximum atomic E-state index is 11.6. The Bertz CT molecular complexity index is 479. The average Bonchev–Trinajstić information content (AvgIpc) is 3.18. The van der Waals surface area contributed by atoms with Crippen LogP contribution in [0.5, 0.6) is 0 Å². The van der Waals surface area contributed by atoms with E-state index in [1.54, 1.807) is 6.07 Å². The zero-order valence-corrected chi connectivity index (χ0v) is 12.0. The van der Waals surface area contributed by atoms with Crippen molar-refractivity contribution >= 4 is 5.82 Å². The first-order valence-electron chi connectivity index (χ1n) is 7.05. The molecule has 1 unspecified atom stereocenters. The van der Waals surface area contributed by atoms with Crippen molar-refractivity contribution in [3.8, 4) is 0 Å². The average molecular weight is 264 g/mol. The van der Waals surface area contributed by atoms with Crippen LogP contribution in [0.15, 0.2) is 10.9 Å². The fourth-order valence-corrected chi connectivity index (χ4v) is 2.00. The van der Waals surface area contributed by atoms with E-state index in [-0.39, 0.29) is 11.6 Å². The highest BCUT2D eigenvalue weighted by Crippen LogP contribution is 2.37. The van der Waals surface area contributed by atoms with Crippen molar-refractivity contribution in [2.75, 3.05) is 18.5 Å². The molecule has 1 atom stereocenters. The molecule has 1 heterocycles. The second-order valence-corrected chi connectivity index (χ2v) is 5.88. The molecule has 0 amide bonds. The molecule has 0 radical (unpaired) electrons. The Morgan fingerprint density at radius 3 is 2.79 bits per heavy atom. The van der Waals surface area contributed by atoms with E-state index >= 15 is 0 Å². The van der Waals surface area contributed by atoms with E-state index < -0.39 is 0 Å². The summed E-state index contributed by atoms with van der Waals surface area (Å²) in [6.07, 6.45) is 3.17. The molecule has 0 aliphatic heterocycles. The first kappa shape index (κ1) is 14.1. The van der Waals surface area contributed by atoms with Gasteiger partial charge in [-0.2, -0.15) is 0 Å². The fraction of sp³-hybridized carbons (Fsp3) is 0.714. The van der Waals surface area contributed by atoms with Gasteiger partial charge in [-0.15, -0.1) is 0 Å². The first-order chi connectivity index (χ1) is 8.97. The third-order valence-corrected chi connectivity index (χ3v) is 3.76. The van der Waals surface area contributed by atoms with E-state index in [1.165, 1.54) is 0 Å². The van der Waals surface area contributed by atoms with Crippen molar-refractivity contribution in [2.24, 2.45) is 11.7 Å². The number of anilines is 1. The first-order valence-corrected chi connectivity index (χ1v) is 7.05. The molecule has 3 N–H and O–H groups in total. The van der Waals surface area contributed by atoms with E-state index in [0.29, 0.717) is 11.8 Å². The molecule has 5 nitrogen and oxygen atoms in total. The van der Waals surface area contributed by atoms with Crippen molar-refractivity contribution < 1.29 is 0 Å². The van der Waals surface area contributed by atoms with Crippen LogP contribution in [0.1, 0.15) is 44.9 Å². The Labute approximate surface area is 114 Å². The number of nitrogens with zero attached hydrogens (tertiary/aromatic N) is 2. The topological polar surface area (TPSA) is 75.0 Å². The normalized spacial score (nSPS) is 16.7. The Morgan fingerprint density at radius 2 is 2.21 bits per heavy atom. The van der Waals surface area contributed by atoms with Gasteiger partial charge in [-0.3, -0.25) is 4.79 Å². The van der Waals surface area contributed by atoms with Gasteiger partial charge in [-0.05, 0) is 25.2 Å². The third-order valence-electron chi connectivity index (χ3n) is 3.76. The van der Waals surface area contributed by atoms with E-state index in [0.717, 1.165) is 37.4 Å². The van der Waals surface area contributed by atoms with Gasteiger partial charge in [0.05, 0.1) is 0 Å². The lowest BCUT2D eigenvalue weighted by Gasteiger charge is -2.22. The van der Waals surface area contributed by atoms with Crippen molar-refractivity contribution in [1.29, 1.82) is 0 Å². The molecule has 1 fully saturated rings. The Kier molecular flexibility index (Phi) is 4.24. The standard InChI is InChI=1S/C14H24N4O/c1-9(2)11(15)6-7-18(3)12-8-13(19)17-14(16-12)10-4-5-10/h8-11H,4-7,15H2,1-3H3,(H,16,17,19). The van der Waals surface area contributed by atoms with Crippen molar-refractivity contribution in [3.63, 3.8) is 0 Å². The van der Waals surface area contributed by atoms with Gasteiger partial charge >= 0.3 is 0 Å². The van der Waals surface area contributed by atoms with Crippen LogP contribution < -0.4 is 16.2 Å². The highest BCUT2D eigenvalue weighted by Gasteiger charge is 2.26. The molecule has 1 aliphatic carbocycles. The minimum absolute atomic E-state index is 0.0630. The van der Waals surface area contributed by atoms with Crippen LogP contribution in [0.3, 0.4) is 0 Å². The lowest BCUT2D eigenvalue weighted by Crippen LogP contribution is -2.32. The van der Waals surface area contributed by atoms with Crippen molar-refractivity contribution in [2.45, 2.75) is 45.1 Å². The smallest absolute Gasteiger partial charge is 0.252 e. The predicted molar refractivity (Wildman–Crippen MR) is 77.5 cm³/mol. The van der Waals surface area contributed by atoms with Crippen LogP contribution in [0.2, 0.25) is 0 Å². The molecule has 1 aliphatic rings. The molecule has 0 spiro atoms. The summed E-state index contributed by atoms with van der Waals surface area (Å²) in [4.78, 5) is 21.0. The summed E-state index contributed by atoms with van der Waals surface area (Å²) in [7, 11) is 1.96. The molecular formula is C14H24N4O. The summed E-state index contributed by atoms with van der Waals surface area (Å²) in [5.74, 6) is 2.52. The van der Waals surface area contributed by atoms with Crippen molar-refractivity contribution in [1.82, 2.24) is 9.97 Å².